The molecule has 0 bridgehead atoms. The number of hydrogen-bond donors (Lipinski definition) is 2. The summed E-state index contributed by atoms with van der Waals surface area (Å²) in [5.74, 6) is 0.451. The number of nitrogens with one attached hydrogen (secondary N) is 2. The van der Waals surface area contributed by atoms with E-state index in [9.17, 15) is 0 Å². The highest BCUT2D eigenvalue weighted by molar-refractivity contribution is 7.26. The van der Waals surface area contributed by atoms with Gasteiger partial charge in [0.1, 0.15) is 0 Å². The van der Waals surface area contributed by atoms with E-state index >= 15 is 0 Å². The number of benzene rings is 7. The molecule has 0 saturated heterocycles. The van der Waals surface area contributed by atoms with Crippen molar-refractivity contribution in [3.63, 3.8) is 0 Å². The smallest absolute Gasteiger partial charge is 0.0463 e. The Labute approximate surface area is 303 Å². The molecule has 0 radical (unpaired) electrons. The number of para-hydroxylation sites is 1. The van der Waals surface area contributed by atoms with Crippen LogP contribution in [0.15, 0.2) is 188 Å². The quantitative estimate of drug-likeness (QED) is 0.168. The Morgan fingerprint density at radius 2 is 1.18 bits per heavy atom. The molecule has 0 saturated carbocycles. The lowest BCUT2D eigenvalue weighted by Gasteiger charge is -2.17. The van der Waals surface area contributed by atoms with Crippen LogP contribution in [0.1, 0.15) is 23.5 Å². The maximum atomic E-state index is 3.73. The lowest BCUT2D eigenvalue weighted by Crippen LogP contribution is -1.98. The van der Waals surface area contributed by atoms with Gasteiger partial charge in [-0.15, -0.1) is 11.3 Å². The lowest BCUT2D eigenvalue weighted by molar-refractivity contribution is 0.856. The zero-order valence-electron chi connectivity index (χ0n) is 28.1. The zero-order chi connectivity index (χ0) is 34.0. The van der Waals surface area contributed by atoms with Gasteiger partial charge in [0.05, 0.1) is 0 Å². The first-order valence-electron chi connectivity index (χ1n) is 17.5. The Bertz CT molecular complexity index is 2540. The molecule has 0 amide bonds. The SMILES string of the molecule is C1=CC(c2ccccc2)CC=C1c1ccc(Nc2ccc(-c3ccccc3Nc3cccc(-c4cccc5c4sc4ccccc45)c3)cc2)cc1. The molecule has 0 aliphatic heterocycles. The van der Waals surface area contributed by atoms with E-state index in [-0.39, 0.29) is 0 Å². The minimum atomic E-state index is 0.451. The molecular formula is C48H36N2S. The molecule has 2 nitrogen and oxygen atoms in total. The van der Waals surface area contributed by atoms with Gasteiger partial charge in [-0.1, -0.05) is 140 Å². The lowest BCUT2D eigenvalue weighted by atomic mass is 9.88. The second-order valence-corrected chi connectivity index (χ2v) is 14.1. The van der Waals surface area contributed by atoms with Crippen LogP contribution in [-0.4, -0.2) is 0 Å². The first-order valence-corrected chi connectivity index (χ1v) is 18.3. The third kappa shape index (κ3) is 6.36. The molecule has 9 rings (SSSR count). The summed E-state index contributed by atoms with van der Waals surface area (Å²) in [6, 6.07) is 60.8. The van der Waals surface area contributed by atoms with Gasteiger partial charge in [-0.3, -0.25) is 0 Å². The number of hydrogen-bond acceptors (Lipinski definition) is 3. The second kappa shape index (κ2) is 13.6. The molecule has 1 heterocycles. The summed E-state index contributed by atoms with van der Waals surface area (Å²) in [6.07, 6.45) is 7.97. The Kier molecular flexibility index (Phi) is 8.25. The first kappa shape index (κ1) is 30.9. The van der Waals surface area contributed by atoms with E-state index in [2.05, 4.69) is 199 Å². The molecule has 1 unspecified atom stereocenters. The van der Waals surface area contributed by atoms with Gasteiger partial charge in [-0.05, 0) is 88.3 Å². The Hall–Kier alpha value is -6.16. The molecule has 7 aromatic carbocycles. The Morgan fingerprint density at radius 1 is 0.490 bits per heavy atom. The summed E-state index contributed by atoms with van der Waals surface area (Å²) in [7, 11) is 0. The number of anilines is 4. The van der Waals surface area contributed by atoms with Crippen LogP contribution in [0.5, 0.6) is 0 Å². The molecule has 0 fully saturated rings. The number of fused-ring (bicyclic) bond motifs is 3. The van der Waals surface area contributed by atoms with E-state index in [1.165, 1.54) is 48.0 Å². The van der Waals surface area contributed by atoms with Gasteiger partial charge >= 0.3 is 0 Å². The summed E-state index contributed by atoms with van der Waals surface area (Å²) in [4.78, 5) is 0. The molecule has 1 aliphatic carbocycles. The van der Waals surface area contributed by atoms with Crippen molar-refractivity contribution in [2.75, 3.05) is 10.6 Å². The fourth-order valence-corrected chi connectivity index (χ4v) is 8.40. The highest BCUT2D eigenvalue weighted by Gasteiger charge is 2.13. The van der Waals surface area contributed by atoms with Crippen molar-refractivity contribution >= 4 is 59.8 Å². The van der Waals surface area contributed by atoms with Crippen LogP contribution in [0, 0.1) is 0 Å². The molecular weight excluding hydrogens is 637 g/mol. The molecule has 244 valence electrons. The maximum absolute atomic E-state index is 3.73. The largest absolute Gasteiger partial charge is 0.356 e. The van der Waals surface area contributed by atoms with E-state index in [0.717, 1.165) is 40.3 Å². The molecule has 8 aromatic rings. The molecule has 1 aromatic heterocycles. The summed E-state index contributed by atoms with van der Waals surface area (Å²) < 4.78 is 2.65. The number of allylic oxidation sites excluding steroid dienone is 4. The molecule has 2 N–H and O–H groups in total. The van der Waals surface area contributed by atoms with Gasteiger partial charge in [-0.2, -0.15) is 0 Å². The highest BCUT2D eigenvalue weighted by Crippen LogP contribution is 2.41. The first-order chi connectivity index (χ1) is 25.2. The van der Waals surface area contributed by atoms with Crippen molar-refractivity contribution in [1.82, 2.24) is 0 Å². The zero-order valence-corrected chi connectivity index (χ0v) is 28.9. The van der Waals surface area contributed by atoms with Crippen molar-refractivity contribution in [3.05, 3.63) is 199 Å². The summed E-state index contributed by atoms with van der Waals surface area (Å²) in [6.45, 7) is 0. The van der Waals surface area contributed by atoms with Crippen LogP contribution in [0.3, 0.4) is 0 Å². The van der Waals surface area contributed by atoms with Crippen molar-refractivity contribution < 1.29 is 0 Å². The van der Waals surface area contributed by atoms with E-state index < -0.39 is 0 Å². The van der Waals surface area contributed by atoms with Gasteiger partial charge in [-0.25, -0.2) is 0 Å². The van der Waals surface area contributed by atoms with Crippen molar-refractivity contribution in [3.8, 4) is 22.3 Å². The number of thiophene rings is 1. The average Bonchev–Trinajstić information content (AvgIpc) is 3.58. The summed E-state index contributed by atoms with van der Waals surface area (Å²) in [5.41, 5.74) is 13.0. The molecule has 3 heteroatoms. The predicted octanol–water partition coefficient (Wildman–Crippen LogP) is 14.0. The van der Waals surface area contributed by atoms with Crippen LogP contribution >= 0.6 is 11.3 Å². The van der Waals surface area contributed by atoms with Crippen LogP contribution in [0.4, 0.5) is 22.7 Å². The molecule has 0 spiro atoms. The number of rotatable bonds is 8. The van der Waals surface area contributed by atoms with E-state index in [0.29, 0.717) is 5.92 Å². The third-order valence-corrected chi connectivity index (χ3v) is 11.0. The van der Waals surface area contributed by atoms with Gasteiger partial charge in [0, 0.05) is 54.4 Å². The molecule has 1 atom stereocenters. The fraction of sp³-hybridized carbons (Fsp3) is 0.0417. The fourth-order valence-electron chi connectivity index (χ4n) is 7.17. The van der Waals surface area contributed by atoms with Gasteiger partial charge in [0.15, 0.2) is 0 Å². The summed E-state index contributed by atoms with van der Waals surface area (Å²) >= 11 is 1.87. The van der Waals surface area contributed by atoms with Crippen molar-refractivity contribution in [2.45, 2.75) is 12.3 Å². The highest BCUT2D eigenvalue weighted by atomic mass is 32.1. The Morgan fingerprint density at radius 3 is 1.98 bits per heavy atom. The third-order valence-electron chi connectivity index (χ3n) is 9.81. The second-order valence-electron chi connectivity index (χ2n) is 13.1. The van der Waals surface area contributed by atoms with Gasteiger partial charge < -0.3 is 10.6 Å². The van der Waals surface area contributed by atoms with Crippen LogP contribution in [0.2, 0.25) is 0 Å². The van der Waals surface area contributed by atoms with E-state index in [1.807, 2.05) is 11.3 Å². The van der Waals surface area contributed by atoms with Gasteiger partial charge in [0.25, 0.3) is 0 Å². The average molecular weight is 673 g/mol. The monoisotopic (exact) mass is 672 g/mol. The normalized spacial score (nSPS) is 14.0. The minimum Gasteiger partial charge on any atom is -0.356 e. The van der Waals surface area contributed by atoms with E-state index in [1.54, 1.807) is 0 Å². The topological polar surface area (TPSA) is 24.1 Å². The van der Waals surface area contributed by atoms with E-state index in [4.69, 9.17) is 0 Å². The molecule has 51 heavy (non-hydrogen) atoms. The minimum absolute atomic E-state index is 0.451. The van der Waals surface area contributed by atoms with Crippen molar-refractivity contribution in [2.24, 2.45) is 0 Å². The molecule has 1 aliphatic rings. The van der Waals surface area contributed by atoms with Gasteiger partial charge in [0.2, 0.25) is 0 Å². The van der Waals surface area contributed by atoms with Crippen LogP contribution < -0.4 is 10.6 Å². The Balaban J connectivity index is 0.896. The summed E-state index contributed by atoms with van der Waals surface area (Å²) in [5, 5.41) is 9.96. The standard InChI is InChI=1S/C48H36N2S/c1-2-10-33(11-3-1)34-20-22-35(23-21-34)36-24-28-39(29-25-36)49-40-30-26-37(27-31-40)42-14-4-6-18-46(42)50-41-13-8-12-38(32-41)43-16-9-17-45-44-15-5-7-19-47(44)51-48(43)45/h1-20,22-32,34,49-50H,21H2. The van der Waals surface area contributed by atoms with Crippen LogP contribution in [0.25, 0.3) is 48.0 Å². The predicted molar refractivity (Wildman–Crippen MR) is 221 cm³/mol. The maximum Gasteiger partial charge on any atom is 0.0463 e. The van der Waals surface area contributed by atoms with Crippen molar-refractivity contribution in [1.29, 1.82) is 0 Å². The van der Waals surface area contributed by atoms with Crippen LogP contribution in [-0.2, 0) is 0 Å².